The summed E-state index contributed by atoms with van der Waals surface area (Å²) in [5.41, 5.74) is 0.534. The molecule has 2 atom stereocenters. The summed E-state index contributed by atoms with van der Waals surface area (Å²) in [5.74, 6) is 2.09. The van der Waals surface area contributed by atoms with Gasteiger partial charge in [0.25, 0.3) is 0 Å². The first kappa shape index (κ1) is 42.9. The number of ether oxygens (including phenoxy) is 4. The summed E-state index contributed by atoms with van der Waals surface area (Å²) in [6.45, 7) is 9.51. The average Bonchev–Trinajstić information content (AvgIpc) is 3.13. The minimum Gasteiger partial charge on any atom is -0.494 e. The molecule has 0 aromatic heterocycles. The highest BCUT2D eigenvalue weighted by Gasteiger charge is 2.08. The van der Waals surface area contributed by atoms with Crippen molar-refractivity contribution < 1.29 is 34.0 Å². The van der Waals surface area contributed by atoms with E-state index in [1.807, 2.05) is 24.3 Å². The summed E-state index contributed by atoms with van der Waals surface area (Å²) < 4.78 is 23.0. The lowest BCUT2D eigenvalue weighted by Gasteiger charge is -2.10. The lowest BCUT2D eigenvalue weighted by Crippen LogP contribution is -2.07. The first-order valence-electron chi connectivity index (χ1n) is 19.4. The summed E-state index contributed by atoms with van der Waals surface area (Å²) in [6.07, 6.45) is 24.4. The maximum Gasteiger partial charge on any atom is 0.338 e. The number of esters is 1. The molecule has 0 heterocycles. The predicted octanol–water partition coefficient (Wildman–Crippen LogP) is 10.6. The number of carbonyl (C=O) groups excluding carboxylic acids is 1. The Morgan fingerprint density at radius 3 is 1.42 bits per heavy atom. The molecule has 0 aliphatic rings. The zero-order chi connectivity index (χ0) is 35.9. The van der Waals surface area contributed by atoms with Crippen molar-refractivity contribution in [1.82, 2.24) is 0 Å². The van der Waals surface area contributed by atoms with Crippen molar-refractivity contribution in [2.45, 2.75) is 141 Å². The smallest absolute Gasteiger partial charge is 0.338 e. The van der Waals surface area contributed by atoms with Gasteiger partial charge in [0.05, 0.1) is 44.2 Å². The van der Waals surface area contributed by atoms with E-state index in [9.17, 15) is 15.0 Å². The third kappa shape index (κ3) is 22.4. The minimum atomic E-state index is -0.347. The maximum absolute atomic E-state index is 12.4. The number of benzene rings is 2. The Kier molecular flexibility index (Phi) is 25.2. The van der Waals surface area contributed by atoms with Gasteiger partial charge in [-0.15, -0.1) is 13.2 Å². The van der Waals surface area contributed by atoms with Gasteiger partial charge in [-0.05, 0) is 80.6 Å². The highest BCUT2D eigenvalue weighted by molar-refractivity contribution is 5.89. The summed E-state index contributed by atoms with van der Waals surface area (Å²) in [5, 5.41) is 19.2. The van der Waals surface area contributed by atoms with Crippen LogP contribution in [0.15, 0.2) is 73.8 Å². The van der Waals surface area contributed by atoms with Gasteiger partial charge in [-0.25, -0.2) is 4.79 Å². The normalized spacial score (nSPS) is 12.2. The van der Waals surface area contributed by atoms with E-state index in [1.165, 1.54) is 64.2 Å². The molecule has 2 unspecified atom stereocenters. The molecule has 0 amide bonds. The van der Waals surface area contributed by atoms with Crippen molar-refractivity contribution in [1.29, 1.82) is 0 Å². The Morgan fingerprint density at radius 2 is 0.940 bits per heavy atom. The molecular formula is C43H66O7. The van der Waals surface area contributed by atoms with Crippen LogP contribution in [0.25, 0.3) is 0 Å². The molecule has 2 N–H and O–H groups in total. The van der Waals surface area contributed by atoms with Crippen molar-refractivity contribution in [2.75, 3.05) is 26.4 Å². The minimum absolute atomic E-state index is 0.233. The lowest BCUT2D eigenvalue weighted by molar-refractivity contribution is 0.0497. The molecule has 0 spiro atoms. The number of aliphatic hydroxyl groups is 2. The van der Waals surface area contributed by atoms with E-state index in [1.54, 1.807) is 36.4 Å². The second-order valence-electron chi connectivity index (χ2n) is 13.2. The van der Waals surface area contributed by atoms with Crippen LogP contribution in [0.4, 0.5) is 0 Å². The fraction of sp³-hybridized carbons (Fsp3) is 0.605. The number of carbonyl (C=O) groups is 1. The Morgan fingerprint density at radius 1 is 0.540 bits per heavy atom. The van der Waals surface area contributed by atoms with Crippen LogP contribution in [0.5, 0.6) is 17.2 Å². The highest BCUT2D eigenvalue weighted by atomic mass is 16.5. The summed E-state index contributed by atoms with van der Waals surface area (Å²) in [4.78, 5) is 12.4. The topological polar surface area (TPSA) is 94.5 Å². The third-order valence-electron chi connectivity index (χ3n) is 8.78. The molecule has 2 aromatic rings. The number of unbranched alkanes of at least 4 members (excludes halogenated alkanes) is 14. The van der Waals surface area contributed by atoms with E-state index in [4.69, 9.17) is 18.9 Å². The Bertz CT molecular complexity index is 1120. The van der Waals surface area contributed by atoms with Crippen molar-refractivity contribution in [2.24, 2.45) is 0 Å². The lowest BCUT2D eigenvalue weighted by atomic mass is 10.0. The monoisotopic (exact) mass is 694 g/mol. The van der Waals surface area contributed by atoms with Gasteiger partial charge in [-0.1, -0.05) is 102 Å². The fourth-order valence-corrected chi connectivity index (χ4v) is 5.68. The van der Waals surface area contributed by atoms with Crippen LogP contribution < -0.4 is 14.2 Å². The van der Waals surface area contributed by atoms with Crippen LogP contribution in [-0.2, 0) is 4.74 Å². The van der Waals surface area contributed by atoms with Crippen LogP contribution >= 0.6 is 0 Å². The molecule has 280 valence electrons. The van der Waals surface area contributed by atoms with Gasteiger partial charge in [0.1, 0.15) is 17.2 Å². The van der Waals surface area contributed by atoms with E-state index in [0.29, 0.717) is 37.6 Å². The van der Waals surface area contributed by atoms with Gasteiger partial charge in [0.2, 0.25) is 0 Å². The molecule has 0 aliphatic heterocycles. The Labute approximate surface area is 303 Å². The Balaban J connectivity index is 1.42. The van der Waals surface area contributed by atoms with Crippen LogP contribution in [0, 0.1) is 0 Å². The van der Waals surface area contributed by atoms with Gasteiger partial charge < -0.3 is 29.2 Å². The molecule has 0 bridgehead atoms. The van der Waals surface area contributed by atoms with Crippen LogP contribution in [0.2, 0.25) is 0 Å². The zero-order valence-electron chi connectivity index (χ0n) is 30.7. The molecular weight excluding hydrogens is 628 g/mol. The molecule has 0 fully saturated rings. The first-order valence-corrected chi connectivity index (χ1v) is 19.4. The third-order valence-corrected chi connectivity index (χ3v) is 8.78. The van der Waals surface area contributed by atoms with E-state index >= 15 is 0 Å². The SMILES string of the molecule is C=CCC(O)CCCCCCCCCCOC(=O)c1ccc(OCCCOc2ccc(OCCCCCCCCCCC(O)C=C)cc2)cc1. The summed E-state index contributed by atoms with van der Waals surface area (Å²) in [6, 6.07) is 14.9. The second-order valence-corrected chi connectivity index (χ2v) is 13.2. The number of rotatable bonds is 33. The van der Waals surface area contributed by atoms with Gasteiger partial charge >= 0.3 is 5.97 Å². The fourth-order valence-electron chi connectivity index (χ4n) is 5.68. The van der Waals surface area contributed by atoms with E-state index in [-0.39, 0.29) is 18.2 Å². The standard InChI is InChI=1S/C43H66O7/c1-3-22-39(45)24-18-14-10-6-8-12-16-20-34-50-43(46)37-25-27-40(28-26-37)48-35-21-36-49-42-31-29-41(30-32-42)47-33-19-15-11-7-5-9-13-17-23-38(44)4-2/h3-4,25-32,38-39,44-45H,1-2,5-24,33-36H2. The number of hydrogen-bond acceptors (Lipinski definition) is 7. The van der Waals surface area contributed by atoms with Crippen LogP contribution in [-0.4, -0.2) is 54.8 Å². The molecule has 0 saturated carbocycles. The summed E-state index contributed by atoms with van der Waals surface area (Å²) in [7, 11) is 0. The molecule has 2 aromatic carbocycles. The summed E-state index contributed by atoms with van der Waals surface area (Å²) >= 11 is 0. The van der Waals surface area contributed by atoms with Crippen molar-refractivity contribution in [3.8, 4) is 17.2 Å². The molecule has 2 rings (SSSR count). The van der Waals surface area contributed by atoms with Crippen LogP contribution in [0.1, 0.15) is 139 Å². The highest BCUT2D eigenvalue weighted by Crippen LogP contribution is 2.19. The van der Waals surface area contributed by atoms with Crippen molar-refractivity contribution in [3.05, 3.63) is 79.4 Å². The largest absolute Gasteiger partial charge is 0.494 e. The van der Waals surface area contributed by atoms with Gasteiger partial charge in [0.15, 0.2) is 0 Å². The molecule has 50 heavy (non-hydrogen) atoms. The van der Waals surface area contributed by atoms with E-state index in [0.717, 1.165) is 75.9 Å². The Hall–Kier alpha value is -3.29. The van der Waals surface area contributed by atoms with E-state index < -0.39 is 0 Å². The zero-order valence-corrected chi connectivity index (χ0v) is 30.7. The quantitative estimate of drug-likeness (QED) is 0.0436. The van der Waals surface area contributed by atoms with Crippen molar-refractivity contribution in [3.63, 3.8) is 0 Å². The molecule has 0 radical (unpaired) electrons. The molecule has 0 saturated heterocycles. The van der Waals surface area contributed by atoms with Gasteiger partial charge in [0, 0.05) is 6.42 Å². The van der Waals surface area contributed by atoms with Crippen LogP contribution in [0.3, 0.4) is 0 Å². The predicted molar refractivity (Wildman–Crippen MR) is 204 cm³/mol. The number of hydrogen-bond donors (Lipinski definition) is 2. The molecule has 7 nitrogen and oxygen atoms in total. The average molecular weight is 695 g/mol. The van der Waals surface area contributed by atoms with Crippen molar-refractivity contribution >= 4 is 5.97 Å². The van der Waals surface area contributed by atoms with Gasteiger partial charge in [-0.3, -0.25) is 0 Å². The molecule has 0 aliphatic carbocycles. The number of aliphatic hydroxyl groups excluding tert-OH is 2. The van der Waals surface area contributed by atoms with Gasteiger partial charge in [-0.2, -0.15) is 0 Å². The van der Waals surface area contributed by atoms with E-state index in [2.05, 4.69) is 13.2 Å². The maximum atomic E-state index is 12.4. The molecule has 7 heteroatoms. The second kappa shape index (κ2) is 29.4. The first-order chi connectivity index (χ1) is 24.5.